The van der Waals surface area contributed by atoms with Crippen LogP contribution >= 0.6 is 0 Å². The van der Waals surface area contributed by atoms with Gasteiger partial charge in [-0.05, 0) is 62.2 Å². The highest BCUT2D eigenvalue weighted by Crippen LogP contribution is 2.63. The second kappa shape index (κ2) is 9.82. The van der Waals surface area contributed by atoms with Gasteiger partial charge in [0.05, 0.1) is 30.1 Å². The number of aliphatic hydroxyl groups is 2. The van der Waals surface area contributed by atoms with Gasteiger partial charge in [0.15, 0.2) is 10.1 Å². The molecule has 2 bridgehead atoms. The summed E-state index contributed by atoms with van der Waals surface area (Å²) in [7, 11) is -6.61. The predicted octanol–water partition coefficient (Wildman–Crippen LogP) is 3.68. The van der Waals surface area contributed by atoms with Gasteiger partial charge >= 0.3 is 17.1 Å². The molecule has 0 heterocycles. The molecule has 2 saturated carbocycles. The third-order valence-corrected chi connectivity index (χ3v) is 9.32. The molecule has 12 heteroatoms. The Morgan fingerprint density at radius 1 is 0.941 bits per heavy atom. The first-order valence-corrected chi connectivity index (χ1v) is 13.2. The van der Waals surface area contributed by atoms with Crippen LogP contribution in [0.25, 0.3) is 0 Å². The molecule has 34 heavy (non-hydrogen) atoms. The zero-order valence-electron chi connectivity index (χ0n) is 19.9. The maximum Gasteiger partial charge on any atom is 0.396 e. The molecule has 0 saturated heterocycles. The Labute approximate surface area is 198 Å². The zero-order valence-corrected chi connectivity index (χ0v) is 20.7. The van der Waals surface area contributed by atoms with Crippen molar-refractivity contribution in [3.05, 3.63) is 0 Å². The molecule has 0 radical (unpaired) electrons. The Bertz CT molecular complexity index is 840. The van der Waals surface area contributed by atoms with Gasteiger partial charge in [-0.3, -0.25) is 4.79 Å². The zero-order chi connectivity index (χ0) is 26.3. The van der Waals surface area contributed by atoms with Crippen molar-refractivity contribution >= 4 is 16.1 Å². The molecule has 200 valence electrons. The fourth-order valence-corrected chi connectivity index (χ4v) is 6.76. The summed E-state index contributed by atoms with van der Waals surface area (Å²) >= 11 is 0. The minimum atomic E-state index is -6.61. The van der Waals surface area contributed by atoms with E-state index in [0.717, 1.165) is 0 Å². The van der Waals surface area contributed by atoms with E-state index in [1.807, 2.05) is 27.7 Å². The van der Waals surface area contributed by atoms with Crippen molar-refractivity contribution in [3.8, 4) is 0 Å². The van der Waals surface area contributed by atoms with Crippen molar-refractivity contribution in [1.29, 1.82) is 0 Å². The Morgan fingerprint density at radius 3 is 1.85 bits per heavy atom. The summed E-state index contributed by atoms with van der Waals surface area (Å²) in [4.78, 5) is 12.7. The number of fused-ring (bicyclic) bond motifs is 2. The van der Waals surface area contributed by atoms with Gasteiger partial charge in [-0.15, -0.1) is 0 Å². The lowest BCUT2D eigenvalue weighted by Crippen LogP contribution is -2.54. The minimum Gasteiger partial charge on any atom is -0.743 e. The highest BCUT2D eigenvalue weighted by Gasteiger charge is 2.65. The molecule has 0 aromatic carbocycles. The first-order chi connectivity index (χ1) is 15.5. The Hall–Kier alpha value is -0.980. The van der Waals surface area contributed by atoms with Gasteiger partial charge in [0.1, 0.15) is 0 Å². The largest absolute Gasteiger partial charge is 0.743 e. The van der Waals surface area contributed by atoms with E-state index >= 15 is 0 Å². The second-order valence-electron chi connectivity index (χ2n) is 9.77. The van der Waals surface area contributed by atoms with E-state index in [9.17, 15) is 45.5 Å². The lowest BCUT2D eigenvalue weighted by atomic mass is 9.59. The average molecular weight is 520 g/mol. The van der Waals surface area contributed by atoms with Crippen LogP contribution in [-0.4, -0.2) is 58.1 Å². The number of hydrogen-bond acceptors (Lipinski definition) is 7. The monoisotopic (exact) mass is 519 g/mol. The molecular formula is C22H35F4O7S-. The van der Waals surface area contributed by atoms with Gasteiger partial charge in [-0.1, -0.05) is 27.7 Å². The molecule has 7 nitrogen and oxygen atoms in total. The quantitative estimate of drug-likeness (QED) is 0.229. The van der Waals surface area contributed by atoms with E-state index in [4.69, 9.17) is 4.74 Å². The number of alkyl halides is 4. The number of ether oxygens (including phenoxy) is 1. The van der Waals surface area contributed by atoms with E-state index in [2.05, 4.69) is 0 Å². The SMILES string of the molecule is CCC(O)(CC)C1C2CC(C(=O)OCCC(F)(F)C(F)(F)S(=O)(=O)[O-])C(C2)C1C(O)(CC)CC. The van der Waals surface area contributed by atoms with E-state index in [-0.39, 0.29) is 17.8 Å². The van der Waals surface area contributed by atoms with Gasteiger partial charge < -0.3 is 19.5 Å². The fourth-order valence-electron chi connectivity index (χ4n) is 6.30. The Kier molecular flexibility index (Phi) is 8.45. The molecule has 0 aromatic rings. The van der Waals surface area contributed by atoms with Crippen molar-refractivity contribution in [2.45, 2.75) is 95.0 Å². The number of carbonyl (C=O) groups is 1. The lowest BCUT2D eigenvalue weighted by molar-refractivity contribution is -0.180. The van der Waals surface area contributed by atoms with E-state index in [0.29, 0.717) is 38.5 Å². The molecule has 0 spiro atoms. The number of carbonyl (C=O) groups excluding carboxylic acids is 1. The molecule has 0 aromatic heterocycles. The van der Waals surface area contributed by atoms with Crippen LogP contribution in [0.15, 0.2) is 0 Å². The van der Waals surface area contributed by atoms with E-state index in [1.165, 1.54) is 0 Å². The van der Waals surface area contributed by atoms with Crippen molar-refractivity contribution in [1.82, 2.24) is 0 Å². The topological polar surface area (TPSA) is 124 Å². The van der Waals surface area contributed by atoms with Crippen LogP contribution in [0.4, 0.5) is 17.6 Å². The van der Waals surface area contributed by atoms with Crippen LogP contribution in [0.5, 0.6) is 0 Å². The van der Waals surface area contributed by atoms with Crippen LogP contribution in [-0.2, 0) is 19.6 Å². The number of rotatable bonds is 12. The van der Waals surface area contributed by atoms with Crippen LogP contribution < -0.4 is 0 Å². The van der Waals surface area contributed by atoms with Crippen LogP contribution in [0.3, 0.4) is 0 Å². The number of esters is 1. The average Bonchev–Trinajstić information content (AvgIpc) is 3.36. The molecule has 2 aliphatic rings. The first-order valence-electron chi connectivity index (χ1n) is 11.8. The van der Waals surface area contributed by atoms with Gasteiger partial charge in [-0.25, -0.2) is 8.42 Å². The van der Waals surface area contributed by atoms with Crippen molar-refractivity contribution < 1.29 is 50.3 Å². The molecule has 5 unspecified atom stereocenters. The normalized spacial score (nSPS) is 28.4. The van der Waals surface area contributed by atoms with Crippen molar-refractivity contribution in [2.24, 2.45) is 29.6 Å². The summed E-state index contributed by atoms with van der Waals surface area (Å²) < 4.78 is 90.3. The third-order valence-electron chi connectivity index (χ3n) is 8.40. The fraction of sp³-hybridized carbons (Fsp3) is 0.955. The maximum absolute atomic E-state index is 13.7. The van der Waals surface area contributed by atoms with Gasteiger partial charge in [-0.2, -0.15) is 17.6 Å². The standard InChI is InChI=1S/C22H36F4O7S/c1-5-19(28,6-2)16-13-11-14(17(16)20(29,7-3)8-4)15(12-13)18(27)33-10-9-21(23,24)22(25,26)34(30,31)32/h13-17,28-29H,5-12H2,1-4H3,(H,30,31,32)/p-1. The summed E-state index contributed by atoms with van der Waals surface area (Å²) in [6.45, 7) is 6.13. The van der Waals surface area contributed by atoms with Crippen molar-refractivity contribution in [3.63, 3.8) is 0 Å². The molecule has 2 rings (SSSR count). The minimum absolute atomic E-state index is 0.113. The number of hydrogen-bond donors (Lipinski definition) is 2. The predicted molar refractivity (Wildman–Crippen MR) is 113 cm³/mol. The summed E-state index contributed by atoms with van der Waals surface area (Å²) in [5, 5.41) is 16.9. The Morgan fingerprint density at radius 2 is 1.41 bits per heavy atom. The van der Waals surface area contributed by atoms with Gasteiger partial charge in [0.25, 0.3) is 0 Å². The molecule has 2 fully saturated rings. The second-order valence-corrected chi connectivity index (χ2v) is 11.2. The van der Waals surface area contributed by atoms with E-state index in [1.54, 1.807) is 0 Å². The van der Waals surface area contributed by atoms with Crippen LogP contribution in [0.1, 0.15) is 72.6 Å². The number of halogens is 4. The van der Waals surface area contributed by atoms with Crippen LogP contribution in [0, 0.1) is 29.6 Å². The highest BCUT2D eigenvalue weighted by atomic mass is 32.2. The maximum atomic E-state index is 13.7. The molecule has 2 aliphatic carbocycles. The summed E-state index contributed by atoms with van der Waals surface area (Å²) in [6.07, 6.45) is 0.671. The first kappa shape index (κ1) is 29.3. The summed E-state index contributed by atoms with van der Waals surface area (Å²) in [6, 6.07) is 0. The van der Waals surface area contributed by atoms with Gasteiger partial charge in [0.2, 0.25) is 0 Å². The smallest absolute Gasteiger partial charge is 0.396 e. The highest BCUT2D eigenvalue weighted by molar-refractivity contribution is 7.86. The summed E-state index contributed by atoms with van der Waals surface area (Å²) in [5.74, 6) is -8.09. The molecular weight excluding hydrogens is 484 g/mol. The molecule has 2 N–H and O–H groups in total. The van der Waals surface area contributed by atoms with Gasteiger partial charge in [0, 0.05) is 0 Å². The third kappa shape index (κ3) is 4.84. The molecule has 0 amide bonds. The lowest BCUT2D eigenvalue weighted by Gasteiger charge is -2.50. The van der Waals surface area contributed by atoms with Crippen molar-refractivity contribution in [2.75, 3.05) is 6.61 Å². The van der Waals surface area contributed by atoms with Crippen LogP contribution in [0.2, 0.25) is 0 Å². The Balaban J connectivity index is 2.19. The molecule has 0 aliphatic heterocycles. The molecule has 5 atom stereocenters. The summed E-state index contributed by atoms with van der Waals surface area (Å²) in [5.41, 5.74) is -2.21. The van der Waals surface area contributed by atoms with E-state index < -0.39 is 63.3 Å².